The SMILES string of the molecule is CC(C)C1(CNC(=O)OC(C)(C)C)CCNCC1. The van der Waals surface area contributed by atoms with Crippen LogP contribution in [0.3, 0.4) is 0 Å². The molecule has 1 rings (SSSR count). The molecule has 4 nitrogen and oxygen atoms in total. The standard InChI is InChI=1S/C14H28N2O2/c1-11(2)14(6-8-15-9-7-14)10-16-12(17)18-13(3,4)5/h11,15H,6-10H2,1-5H3,(H,16,17). The van der Waals surface area contributed by atoms with E-state index in [1.807, 2.05) is 20.8 Å². The highest BCUT2D eigenvalue weighted by molar-refractivity contribution is 5.67. The summed E-state index contributed by atoms with van der Waals surface area (Å²) in [5.41, 5.74) is -0.217. The van der Waals surface area contributed by atoms with Crippen molar-refractivity contribution in [1.29, 1.82) is 0 Å². The van der Waals surface area contributed by atoms with Gasteiger partial charge in [0.15, 0.2) is 0 Å². The van der Waals surface area contributed by atoms with E-state index in [2.05, 4.69) is 24.5 Å². The highest BCUT2D eigenvalue weighted by Gasteiger charge is 2.35. The van der Waals surface area contributed by atoms with E-state index in [4.69, 9.17) is 4.74 Å². The van der Waals surface area contributed by atoms with E-state index >= 15 is 0 Å². The van der Waals surface area contributed by atoms with Crippen LogP contribution in [0.25, 0.3) is 0 Å². The molecule has 0 atom stereocenters. The first-order valence-electron chi connectivity index (χ1n) is 6.93. The van der Waals surface area contributed by atoms with E-state index in [1.165, 1.54) is 0 Å². The Morgan fingerprint density at radius 3 is 2.33 bits per heavy atom. The predicted molar refractivity (Wildman–Crippen MR) is 73.6 cm³/mol. The average molecular weight is 256 g/mol. The average Bonchev–Trinajstić information content (AvgIpc) is 2.25. The predicted octanol–water partition coefficient (Wildman–Crippen LogP) is 2.54. The molecule has 0 unspecified atom stereocenters. The molecular weight excluding hydrogens is 228 g/mol. The summed E-state index contributed by atoms with van der Waals surface area (Å²) in [6.45, 7) is 12.9. The molecule has 1 heterocycles. The summed E-state index contributed by atoms with van der Waals surface area (Å²) in [5.74, 6) is 0.564. The quantitative estimate of drug-likeness (QED) is 0.816. The van der Waals surface area contributed by atoms with Gasteiger partial charge in [0.1, 0.15) is 5.60 Å². The summed E-state index contributed by atoms with van der Waals surface area (Å²) in [5, 5.41) is 6.32. The van der Waals surface area contributed by atoms with Gasteiger partial charge >= 0.3 is 6.09 Å². The van der Waals surface area contributed by atoms with Crippen molar-refractivity contribution < 1.29 is 9.53 Å². The largest absolute Gasteiger partial charge is 0.444 e. The van der Waals surface area contributed by atoms with Gasteiger partial charge in [-0.1, -0.05) is 13.8 Å². The van der Waals surface area contributed by atoms with E-state index in [-0.39, 0.29) is 11.5 Å². The van der Waals surface area contributed by atoms with Crippen molar-refractivity contribution in [1.82, 2.24) is 10.6 Å². The topological polar surface area (TPSA) is 50.4 Å². The van der Waals surface area contributed by atoms with Gasteiger partial charge in [0.05, 0.1) is 0 Å². The molecule has 0 aromatic heterocycles. The molecule has 1 fully saturated rings. The van der Waals surface area contributed by atoms with Crippen LogP contribution in [0.4, 0.5) is 4.79 Å². The van der Waals surface area contributed by atoms with E-state index in [0.717, 1.165) is 25.9 Å². The van der Waals surface area contributed by atoms with Crippen LogP contribution in [-0.2, 0) is 4.74 Å². The number of rotatable bonds is 3. The summed E-state index contributed by atoms with van der Waals surface area (Å²) in [6, 6.07) is 0. The molecule has 0 aliphatic carbocycles. The Morgan fingerprint density at radius 1 is 1.33 bits per heavy atom. The second-order valence-corrected chi connectivity index (χ2v) is 6.62. The minimum atomic E-state index is -0.427. The Morgan fingerprint density at radius 2 is 1.89 bits per heavy atom. The van der Waals surface area contributed by atoms with Crippen LogP contribution in [0, 0.1) is 11.3 Å². The van der Waals surface area contributed by atoms with Crippen molar-refractivity contribution in [2.75, 3.05) is 19.6 Å². The van der Waals surface area contributed by atoms with Crippen molar-refractivity contribution >= 4 is 6.09 Å². The van der Waals surface area contributed by atoms with E-state index in [0.29, 0.717) is 12.5 Å². The van der Waals surface area contributed by atoms with Gasteiger partial charge in [-0.05, 0) is 58.0 Å². The minimum absolute atomic E-state index is 0.210. The highest BCUT2D eigenvalue weighted by atomic mass is 16.6. The fourth-order valence-corrected chi connectivity index (χ4v) is 2.45. The zero-order chi connectivity index (χ0) is 13.8. The monoisotopic (exact) mass is 256 g/mol. The van der Waals surface area contributed by atoms with Crippen LogP contribution in [0.1, 0.15) is 47.5 Å². The fourth-order valence-electron chi connectivity index (χ4n) is 2.45. The minimum Gasteiger partial charge on any atom is -0.444 e. The van der Waals surface area contributed by atoms with Crippen LogP contribution in [-0.4, -0.2) is 31.3 Å². The molecule has 0 radical (unpaired) electrons. The van der Waals surface area contributed by atoms with E-state index < -0.39 is 5.60 Å². The highest BCUT2D eigenvalue weighted by Crippen LogP contribution is 2.36. The normalized spacial score (nSPS) is 19.7. The molecule has 0 spiro atoms. The van der Waals surface area contributed by atoms with Crippen LogP contribution in [0.2, 0.25) is 0 Å². The maximum absolute atomic E-state index is 11.7. The molecule has 1 amide bonds. The van der Waals surface area contributed by atoms with Crippen molar-refractivity contribution in [2.45, 2.75) is 53.1 Å². The number of ether oxygens (including phenoxy) is 1. The lowest BCUT2D eigenvalue weighted by Gasteiger charge is -2.41. The van der Waals surface area contributed by atoms with Gasteiger partial charge in [-0.2, -0.15) is 0 Å². The summed E-state index contributed by atoms with van der Waals surface area (Å²) < 4.78 is 5.29. The second kappa shape index (κ2) is 5.91. The van der Waals surface area contributed by atoms with Gasteiger partial charge in [0, 0.05) is 6.54 Å². The maximum atomic E-state index is 11.7. The third-order valence-electron chi connectivity index (χ3n) is 3.81. The second-order valence-electron chi connectivity index (χ2n) is 6.62. The van der Waals surface area contributed by atoms with Gasteiger partial charge in [0.2, 0.25) is 0 Å². The van der Waals surface area contributed by atoms with E-state index in [9.17, 15) is 4.79 Å². The van der Waals surface area contributed by atoms with Gasteiger partial charge in [-0.15, -0.1) is 0 Å². The number of hydrogen-bond donors (Lipinski definition) is 2. The first-order valence-corrected chi connectivity index (χ1v) is 6.93. The molecule has 1 aliphatic heterocycles. The van der Waals surface area contributed by atoms with Crippen molar-refractivity contribution in [3.8, 4) is 0 Å². The van der Waals surface area contributed by atoms with Gasteiger partial charge in [-0.25, -0.2) is 4.79 Å². The first-order chi connectivity index (χ1) is 8.25. The van der Waals surface area contributed by atoms with Crippen LogP contribution >= 0.6 is 0 Å². The Bertz CT molecular complexity index is 276. The maximum Gasteiger partial charge on any atom is 0.407 e. The Hall–Kier alpha value is -0.770. The zero-order valence-corrected chi connectivity index (χ0v) is 12.4. The molecular formula is C14H28N2O2. The molecule has 1 saturated heterocycles. The van der Waals surface area contributed by atoms with Gasteiger partial charge in [0.25, 0.3) is 0 Å². The van der Waals surface area contributed by atoms with Crippen LogP contribution in [0.5, 0.6) is 0 Å². The molecule has 0 aromatic rings. The Kier molecular flexibility index (Phi) is 5.02. The third-order valence-corrected chi connectivity index (χ3v) is 3.81. The zero-order valence-electron chi connectivity index (χ0n) is 12.4. The van der Waals surface area contributed by atoms with Crippen LogP contribution in [0.15, 0.2) is 0 Å². The number of carbonyl (C=O) groups excluding carboxylic acids is 1. The number of carbonyl (C=O) groups is 1. The number of piperidine rings is 1. The van der Waals surface area contributed by atoms with Crippen molar-refractivity contribution in [2.24, 2.45) is 11.3 Å². The molecule has 18 heavy (non-hydrogen) atoms. The third kappa shape index (κ3) is 4.48. The lowest BCUT2D eigenvalue weighted by Crippen LogP contribution is -2.48. The molecule has 0 aromatic carbocycles. The van der Waals surface area contributed by atoms with Gasteiger partial charge in [-0.3, -0.25) is 0 Å². The summed E-state index contributed by atoms with van der Waals surface area (Å²) >= 11 is 0. The smallest absolute Gasteiger partial charge is 0.407 e. The first kappa shape index (κ1) is 15.3. The van der Waals surface area contributed by atoms with E-state index in [1.54, 1.807) is 0 Å². The van der Waals surface area contributed by atoms with Crippen LogP contribution < -0.4 is 10.6 Å². The fraction of sp³-hybridized carbons (Fsp3) is 0.929. The van der Waals surface area contributed by atoms with Crippen molar-refractivity contribution in [3.05, 3.63) is 0 Å². The number of nitrogens with one attached hydrogen (secondary N) is 2. The molecule has 4 heteroatoms. The number of hydrogen-bond acceptors (Lipinski definition) is 3. The summed E-state index contributed by atoms with van der Waals surface area (Å²) in [6.07, 6.45) is 1.92. The molecule has 106 valence electrons. The number of alkyl carbamates (subject to hydrolysis) is 1. The van der Waals surface area contributed by atoms with Crippen molar-refractivity contribution in [3.63, 3.8) is 0 Å². The molecule has 1 aliphatic rings. The number of amides is 1. The Labute approximate surface area is 111 Å². The lowest BCUT2D eigenvalue weighted by atomic mass is 9.70. The molecule has 0 bridgehead atoms. The van der Waals surface area contributed by atoms with Gasteiger partial charge < -0.3 is 15.4 Å². The molecule has 2 N–H and O–H groups in total. The lowest BCUT2D eigenvalue weighted by molar-refractivity contribution is 0.0451. The Balaban J connectivity index is 2.50. The summed E-state index contributed by atoms with van der Waals surface area (Å²) in [7, 11) is 0. The molecule has 0 saturated carbocycles. The summed E-state index contributed by atoms with van der Waals surface area (Å²) in [4.78, 5) is 11.7.